The number of amides is 1. The number of fused-ring (bicyclic) bond motifs is 2. The average Bonchev–Trinajstić information content (AvgIpc) is 3.48. The van der Waals surface area contributed by atoms with Crippen molar-refractivity contribution in [2.75, 3.05) is 5.32 Å². The second-order valence-electron chi connectivity index (χ2n) is 7.12. The van der Waals surface area contributed by atoms with Crippen molar-refractivity contribution in [3.05, 3.63) is 78.4 Å². The third kappa shape index (κ3) is 3.48. The minimum absolute atomic E-state index is 0.156. The highest BCUT2D eigenvalue weighted by atomic mass is 16.1. The van der Waals surface area contributed by atoms with Gasteiger partial charge in [-0.3, -0.25) is 9.89 Å². The highest BCUT2D eigenvalue weighted by Crippen LogP contribution is 2.16. The SMILES string of the molecule is Cn1cnc(CNc2ccc3nc(CNC(=O)c4cccc5[nH]ncc45)cn3c2)c1. The van der Waals surface area contributed by atoms with Crippen molar-refractivity contribution in [2.24, 2.45) is 7.05 Å². The molecule has 0 atom stereocenters. The van der Waals surface area contributed by atoms with Crippen molar-refractivity contribution in [3.8, 4) is 0 Å². The molecule has 9 heteroatoms. The van der Waals surface area contributed by atoms with Crippen molar-refractivity contribution < 1.29 is 4.79 Å². The Hall–Kier alpha value is -4.14. The van der Waals surface area contributed by atoms with Gasteiger partial charge in [0.1, 0.15) is 5.65 Å². The van der Waals surface area contributed by atoms with E-state index in [1.54, 1.807) is 18.6 Å². The zero-order valence-electron chi connectivity index (χ0n) is 16.3. The fraction of sp³-hybridized carbons (Fsp3) is 0.143. The van der Waals surface area contributed by atoms with Crippen molar-refractivity contribution in [1.82, 2.24) is 34.4 Å². The molecule has 5 aromatic rings. The monoisotopic (exact) mass is 400 g/mol. The molecule has 3 N–H and O–H groups in total. The van der Waals surface area contributed by atoms with E-state index in [2.05, 4.69) is 30.8 Å². The first-order valence-corrected chi connectivity index (χ1v) is 9.54. The lowest BCUT2D eigenvalue weighted by atomic mass is 10.1. The lowest BCUT2D eigenvalue weighted by Gasteiger charge is -2.04. The summed E-state index contributed by atoms with van der Waals surface area (Å²) in [6.45, 7) is 0.981. The molecule has 0 spiro atoms. The quantitative estimate of drug-likeness (QED) is 0.406. The summed E-state index contributed by atoms with van der Waals surface area (Å²) >= 11 is 0. The summed E-state index contributed by atoms with van der Waals surface area (Å²) in [5, 5.41) is 14.0. The normalized spacial score (nSPS) is 11.2. The number of hydrogen-bond acceptors (Lipinski definition) is 5. The van der Waals surface area contributed by atoms with E-state index in [1.165, 1.54) is 0 Å². The number of aromatic amines is 1. The highest BCUT2D eigenvalue weighted by molar-refractivity contribution is 6.05. The lowest BCUT2D eigenvalue weighted by Crippen LogP contribution is -2.23. The van der Waals surface area contributed by atoms with Gasteiger partial charge < -0.3 is 19.6 Å². The molecule has 0 aliphatic carbocycles. The van der Waals surface area contributed by atoms with Crippen LogP contribution in [0.25, 0.3) is 16.6 Å². The maximum atomic E-state index is 12.6. The van der Waals surface area contributed by atoms with Crippen LogP contribution in [-0.2, 0) is 20.1 Å². The van der Waals surface area contributed by atoms with Gasteiger partial charge in [-0.1, -0.05) is 6.07 Å². The van der Waals surface area contributed by atoms with Gasteiger partial charge in [0.05, 0.1) is 53.8 Å². The standard InChI is InChI=1S/C21H20N8O/c1-28-10-15(24-13-28)7-22-14-5-6-20-26-16(12-29(20)11-14)8-23-21(30)17-3-2-4-19-18(17)9-25-27-19/h2-6,9-13,22H,7-8H2,1H3,(H,23,30)(H,25,27). The molecular weight excluding hydrogens is 380 g/mol. The van der Waals surface area contributed by atoms with E-state index < -0.39 is 0 Å². The lowest BCUT2D eigenvalue weighted by molar-refractivity contribution is 0.0952. The maximum absolute atomic E-state index is 12.6. The van der Waals surface area contributed by atoms with Gasteiger partial charge in [-0.25, -0.2) is 9.97 Å². The van der Waals surface area contributed by atoms with Crippen LogP contribution in [0.3, 0.4) is 0 Å². The summed E-state index contributed by atoms with van der Waals surface area (Å²) in [6, 6.07) is 9.43. The number of rotatable bonds is 6. The van der Waals surface area contributed by atoms with Crippen LogP contribution in [0.5, 0.6) is 0 Å². The van der Waals surface area contributed by atoms with E-state index >= 15 is 0 Å². The Morgan fingerprint density at radius 2 is 2.03 bits per heavy atom. The Bertz CT molecular complexity index is 1350. The van der Waals surface area contributed by atoms with E-state index in [0.717, 1.165) is 33.6 Å². The zero-order valence-corrected chi connectivity index (χ0v) is 16.3. The molecule has 150 valence electrons. The number of H-pyrrole nitrogens is 1. The molecule has 4 heterocycles. The predicted molar refractivity (Wildman–Crippen MR) is 113 cm³/mol. The third-order valence-electron chi connectivity index (χ3n) is 4.89. The Labute approximate surface area is 171 Å². The molecule has 5 rings (SSSR count). The molecule has 0 saturated heterocycles. The van der Waals surface area contributed by atoms with E-state index in [1.807, 2.05) is 58.9 Å². The largest absolute Gasteiger partial charge is 0.378 e. The molecule has 0 aliphatic rings. The minimum Gasteiger partial charge on any atom is -0.378 e. The van der Waals surface area contributed by atoms with Crippen molar-refractivity contribution >= 4 is 28.1 Å². The molecule has 0 radical (unpaired) electrons. The van der Waals surface area contributed by atoms with Crippen LogP contribution in [0.1, 0.15) is 21.7 Å². The molecule has 1 amide bonds. The highest BCUT2D eigenvalue weighted by Gasteiger charge is 2.12. The van der Waals surface area contributed by atoms with E-state index in [9.17, 15) is 4.79 Å². The summed E-state index contributed by atoms with van der Waals surface area (Å²) in [6.07, 6.45) is 9.31. The fourth-order valence-electron chi connectivity index (χ4n) is 3.42. The van der Waals surface area contributed by atoms with Crippen LogP contribution in [0.2, 0.25) is 0 Å². The van der Waals surface area contributed by atoms with Gasteiger partial charge in [0.25, 0.3) is 5.91 Å². The molecule has 0 saturated carbocycles. The molecule has 0 fully saturated rings. The summed E-state index contributed by atoms with van der Waals surface area (Å²) in [5.74, 6) is -0.156. The van der Waals surface area contributed by atoms with Gasteiger partial charge in [0, 0.05) is 31.0 Å². The maximum Gasteiger partial charge on any atom is 0.252 e. The topological polar surface area (TPSA) is 105 Å². The molecule has 0 aliphatic heterocycles. The number of carbonyl (C=O) groups is 1. The Morgan fingerprint density at radius 1 is 1.10 bits per heavy atom. The number of nitrogens with one attached hydrogen (secondary N) is 3. The van der Waals surface area contributed by atoms with Crippen molar-refractivity contribution in [3.63, 3.8) is 0 Å². The molecular formula is C21H20N8O. The molecule has 9 nitrogen and oxygen atoms in total. The number of imidazole rings is 2. The number of nitrogens with zero attached hydrogens (tertiary/aromatic N) is 5. The number of hydrogen-bond donors (Lipinski definition) is 3. The second-order valence-corrected chi connectivity index (χ2v) is 7.12. The minimum atomic E-state index is -0.156. The van der Waals surface area contributed by atoms with E-state index in [0.29, 0.717) is 18.7 Å². The average molecular weight is 400 g/mol. The molecule has 4 aromatic heterocycles. The Balaban J connectivity index is 1.27. The third-order valence-corrected chi connectivity index (χ3v) is 4.89. The van der Waals surface area contributed by atoms with Gasteiger partial charge in [-0.2, -0.15) is 5.10 Å². The van der Waals surface area contributed by atoms with Gasteiger partial charge in [-0.05, 0) is 24.3 Å². The van der Waals surface area contributed by atoms with Crippen LogP contribution in [0.4, 0.5) is 5.69 Å². The summed E-state index contributed by atoms with van der Waals surface area (Å²) in [7, 11) is 1.95. The Kier molecular flexibility index (Phi) is 4.40. The van der Waals surface area contributed by atoms with Crippen LogP contribution in [0.15, 0.2) is 61.4 Å². The number of benzene rings is 1. The fourth-order valence-corrected chi connectivity index (χ4v) is 3.42. The van der Waals surface area contributed by atoms with Gasteiger partial charge in [0.2, 0.25) is 0 Å². The summed E-state index contributed by atoms with van der Waals surface area (Å²) < 4.78 is 3.86. The molecule has 1 aromatic carbocycles. The van der Waals surface area contributed by atoms with Gasteiger partial charge >= 0.3 is 0 Å². The van der Waals surface area contributed by atoms with Crippen LogP contribution < -0.4 is 10.6 Å². The molecule has 30 heavy (non-hydrogen) atoms. The number of pyridine rings is 1. The number of aromatic nitrogens is 6. The van der Waals surface area contributed by atoms with Crippen LogP contribution >= 0.6 is 0 Å². The number of aryl methyl sites for hydroxylation is 1. The van der Waals surface area contributed by atoms with E-state index in [-0.39, 0.29) is 5.91 Å². The summed E-state index contributed by atoms with van der Waals surface area (Å²) in [5.41, 5.74) is 4.96. The zero-order chi connectivity index (χ0) is 20.5. The number of anilines is 1. The first kappa shape index (κ1) is 17.9. The second kappa shape index (κ2) is 7.36. The molecule has 0 bridgehead atoms. The van der Waals surface area contributed by atoms with Crippen molar-refractivity contribution in [1.29, 1.82) is 0 Å². The predicted octanol–water partition coefficient (Wildman–Crippen LogP) is 2.49. The van der Waals surface area contributed by atoms with Crippen LogP contribution in [0, 0.1) is 0 Å². The van der Waals surface area contributed by atoms with E-state index in [4.69, 9.17) is 0 Å². The number of carbonyl (C=O) groups excluding carboxylic acids is 1. The first-order valence-electron chi connectivity index (χ1n) is 9.54. The summed E-state index contributed by atoms with van der Waals surface area (Å²) in [4.78, 5) is 21.5. The van der Waals surface area contributed by atoms with Crippen molar-refractivity contribution in [2.45, 2.75) is 13.1 Å². The smallest absolute Gasteiger partial charge is 0.252 e. The van der Waals surface area contributed by atoms with Gasteiger partial charge in [0.15, 0.2) is 0 Å². The Morgan fingerprint density at radius 3 is 2.90 bits per heavy atom. The van der Waals surface area contributed by atoms with Gasteiger partial charge in [-0.15, -0.1) is 0 Å². The molecule has 0 unspecified atom stereocenters. The van der Waals surface area contributed by atoms with Crippen LogP contribution in [-0.4, -0.2) is 35.0 Å². The first-order chi connectivity index (χ1) is 14.7.